The molecular formula is C8H11NO. The van der Waals surface area contributed by atoms with Gasteiger partial charge in [0.2, 0.25) is 5.91 Å². The van der Waals surface area contributed by atoms with Gasteiger partial charge in [0.1, 0.15) is 0 Å². The highest BCUT2D eigenvalue weighted by atomic mass is 16.1. The number of carbonyl (C=O) groups is 1. The standard InChI is InChI=1S/C8H11NO/c9-8(10)7-4-5-1-2-6(7)3-5/h1-2,5-7H,3-4H2,(H2,9,10)/t5?,6-,7+/m0/s1. The van der Waals surface area contributed by atoms with Crippen LogP contribution in [0.25, 0.3) is 0 Å². The lowest BCUT2D eigenvalue weighted by molar-refractivity contribution is -0.122. The average Bonchev–Trinajstić information content (AvgIpc) is 2.44. The van der Waals surface area contributed by atoms with Crippen LogP contribution in [0, 0.1) is 17.8 Å². The van der Waals surface area contributed by atoms with E-state index in [9.17, 15) is 4.79 Å². The van der Waals surface area contributed by atoms with Crippen molar-refractivity contribution >= 4 is 5.91 Å². The van der Waals surface area contributed by atoms with Crippen molar-refractivity contribution in [1.29, 1.82) is 0 Å². The molecule has 2 rings (SSSR count). The van der Waals surface area contributed by atoms with Crippen molar-refractivity contribution in [3.8, 4) is 0 Å². The third-order valence-corrected chi connectivity index (χ3v) is 2.64. The van der Waals surface area contributed by atoms with E-state index in [-0.39, 0.29) is 11.8 Å². The molecule has 1 fully saturated rings. The van der Waals surface area contributed by atoms with E-state index in [1.54, 1.807) is 0 Å². The molecule has 2 bridgehead atoms. The van der Waals surface area contributed by atoms with Gasteiger partial charge >= 0.3 is 0 Å². The first-order valence-corrected chi connectivity index (χ1v) is 3.75. The largest absolute Gasteiger partial charge is 0.369 e. The van der Waals surface area contributed by atoms with Crippen LogP contribution in [0.15, 0.2) is 12.2 Å². The normalized spacial score (nSPS) is 42.6. The minimum Gasteiger partial charge on any atom is -0.369 e. The maximum Gasteiger partial charge on any atom is 0.221 e. The second kappa shape index (κ2) is 1.84. The van der Waals surface area contributed by atoms with Crippen molar-refractivity contribution in [2.75, 3.05) is 0 Å². The van der Waals surface area contributed by atoms with Crippen LogP contribution in [0.2, 0.25) is 0 Å². The van der Waals surface area contributed by atoms with Gasteiger partial charge in [-0.1, -0.05) is 12.2 Å². The van der Waals surface area contributed by atoms with Gasteiger partial charge in [0.15, 0.2) is 0 Å². The Morgan fingerprint density at radius 3 is 2.50 bits per heavy atom. The number of hydrogen-bond acceptors (Lipinski definition) is 1. The molecule has 0 aliphatic heterocycles. The summed E-state index contributed by atoms with van der Waals surface area (Å²) in [7, 11) is 0. The summed E-state index contributed by atoms with van der Waals surface area (Å²) in [5.74, 6) is 1.16. The maximum atomic E-state index is 10.8. The van der Waals surface area contributed by atoms with E-state index >= 15 is 0 Å². The van der Waals surface area contributed by atoms with Gasteiger partial charge in [-0.25, -0.2) is 0 Å². The smallest absolute Gasteiger partial charge is 0.221 e. The van der Waals surface area contributed by atoms with Crippen LogP contribution < -0.4 is 5.73 Å². The summed E-state index contributed by atoms with van der Waals surface area (Å²) < 4.78 is 0. The van der Waals surface area contributed by atoms with Crippen molar-refractivity contribution in [2.45, 2.75) is 12.8 Å². The van der Waals surface area contributed by atoms with Crippen LogP contribution in [0.5, 0.6) is 0 Å². The number of amides is 1. The number of hydrogen-bond donors (Lipinski definition) is 1. The summed E-state index contributed by atoms with van der Waals surface area (Å²) >= 11 is 0. The lowest BCUT2D eigenvalue weighted by Gasteiger charge is -2.12. The highest BCUT2D eigenvalue weighted by molar-refractivity contribution is 5.78. The molecule has 1 unspecified atom stereocenters. The van der Waals surface area contributed by atoms with E-state index in [0.717, 1.165) is 12.8 Å². The summed E-state index contributed by atoms with van der Waals surface area (Å²) in [5.41, 5.74) is 5.21. The van der Waals surface area contributed by atoms with Crippen LogP contribution in [0.3, 0.4) is 0 Å². The molecule has 3 atom stereocenters. The molecule has 54 valence electrons. The first-order valence-electron chi connectivity index (χ1n) is 3.75. The minimum atomic E-state index is -0.114. The molecule has 0 aromatic rings. The van der Waals surface area contributed by atoms with Gasteiger partial charge in [0, 0.05) is 5.92 Å². The first kappa shape index (κ1) is 5.96. The van der Waals surface area contributed by atoms with Gasteiger partial charge < -0.3 is 5.73 Å². The van der Waals surface area contributed by atoms with E-state index in [4.69, 9.17) is 5.73 Å². The third kappa shape index (κ3) is 0.681. The quantitative estimate of drug-likeness (QED) is 0.531. The monoisotopic (exact) mass is 137 g/mol. The summed E-state index contributed by atoms with van der Waals surface area (Å²) in [6.45, 7) is 0. The number of fused-ring (bicyclic) bond motifs is 2. The summed E-state index contributed by atoms with van der Waals surface area (Å²) in [5, 5.41) is 0. The van der Waals surface area contributed by atoms with Crippen molar-refractivity contribution in [2.24, 2.45) is 23.5 Å². The zero-order chi connectivity index (χ0) is 7.14. The Hall–Kier alpha value is -0.790. The summed E-state index contributed by atoms with van der Waals surface area (Å²) in [4.78, 5) is 10.8. The highest BCUT2D eigenvalue weighted by Gasteiger charge is 2.38. The van der Waals surface area contributed by atoms with Gasteiger partial charge in [0.05, 0.1) is 0 Å². The van der Waals surface area contributed by atoms with Crippen LogP contribution >= 0.6 is 0 Å². The van der Waals surface area contributed by atoms with Gasteiger partial charge in [-0.2, -0.15) is 0 Å². The molecule has 0 radical (unpaired) electrons. The van der Waals surface area contributed by atoms with Crippen molar-refractivity contribution in [3.63, 3.8) is 0 Å². The predicted octanol–water partition coefficient (Wildman–Crippen LogP) is 0.684. The van der Waals surface area contributed by atoms with E-state index in [0.29, 0.717) is 11.8 Å². The van der Waals surface area contributed by atoms with E-state index in [1.165, 1.54) is 0 Å². The Morgan fingerprint density at radius 1 is 1.40 bits per heavy atom. The number of nitrogens with two attached hydrogens (primary N) is 1. The predicted molar refractivity (Wildman–Crippen MR) is 38.0 cm³/mol. The van der Waals surface area contributed by atoms with Crippen molar-refractivity contribution in [1.82, 2.24) is 0 Å². The highest BCUT2D eigenvalue weighted by Crippen LogP contribution is 2.42. The molecule has 1 amide bonds. The molecule has 0 aromatic heterocycles. The van der Waals surface area contributed by atoms with Crippen LogP contribution in [-0.2, 0) is 4.79 Å². The summed E-state index contributed by atoms with van der Waals surface area (Å²) in [6, 6.07) is 0. The Balaban J connectivity index is 2.16. The zero-order valence-electron chi connectivity index (χ0n) is 5.79. The number of carbonyl (C=O) groups excluding carboxylic acids is 1. The van der Waals surface area contributed by atoms with Crippen molar-refractivity contribution in [3.05, 3.63) is 12.2 Å². The SMILES string of the molecule is NC(=O)[C@@H]1CC2C=C[C@H]1C2. The Kier molecular flexibility index (Phi) is 1.10. The Morgan fingerprint density at radius 2 is 2.20 bits per heavy atom. The Bertz CT molecular complexity index is 197. The second-order valence-corrected chi connectivity index (χ2v) is 3.29. The molecule has 0 aromatic carbocycles. The molecule has 0 heterocycles. The lowest BCUT2D eigenvalue weighted by atomic mass is 9.93. The van der Waals surface area contributed by atoms with Crippen LogP contribution in [0.1, 0.15) is 12.8 Å². The molecule has 0 spiro atoms. The number of rotatable bonds is 1. The zero-order valence-corrected chi connectivity index (χ0v) is 5.79. The number of allylic oxidation sites excluding steroid dienone is 2. The summed E-state index contributed by atoms with van der Waals surface area (Å²) in [6.07, 6.45) is 6.51. The third-order valence-electron chi connectivity index (χ3n) is 2.64. The fraction of sp³-hybridized carbons (Fsp3) is 0.625. The maximum absolute atomic E-state index is 10.8. The van der Waals surface area contributed by atoms with Gasteiger partial charge in [0.25, 0.3) is 0 Å². The van der Waals surface area contributed by atoms with Crippen molar-refractivity contribution < 1.29 is 4.79 Å². The minimum absolute atomic E-state index is 0.114. The Labute approximate surface area is 60.1 Å². The second-order valence-electron chi connectivity index (χ2n) is 3.29. The fourth-order valence-corrected chi connectivity index (χ4v) is 2.11. The lowest BCUT2D eigenvalue weighted by Crippen LogP contribution is -2.26. The van der Waals surface area contributed by atoms with Gasteiger partial charge in [-0.3, -0.25) is 4.79 Å². The van der Waals surface area contributed by atoms with Crippen LogP contribution in [0.4, 0.5) is 0 Å². The number of primary amides is 1. The fourth-order valence-electron chi connectivity index (χ4n) is 2.11. The first-order chi connectivity index (χ1) is 4.77. The van der Waals surface area contributed by atoms with E-state index < -0.39 is 0 Å². The topological polar surface area (TPSA) is 43.1 Å². The van der Waals surface area contributed by atoms with Crippen LogP contribution in [-0.4, -0.2) is 5.91 Å². The molecule has 10 heavy (non-hydrogen) atoms. The van der Waals surface area contributed by atoms with E-state index in [1.807, 2.05) is 0 Å². The van der Waals surface area contributed by atoms with Gasteiger partial charge in [-0.05, 0) is 24.7 Å². The van der Waals surface area contributed by atoms with E-state index in [2.05, 4.69) is 12.2 Å². The molecule has 2 aliphatic carbocycles. The molecule has 2 heteroatoms. The van der Waals surface area contributed by atoms with Gasteiger partial charge in [-0.15, -0.1) is 0 Å². The molecule has 2 N–H and O–H groups in total. The molecular weight excluding hydrogens is 126 g/mol. The average molecular weight is 137 g/mol. The molecule has 2 aliphatic rings. The molecule has 0 saturated heterocycles. The molecule has 2 nitrogen and oxygen atoms in total. The molecule has 1 saturated carbocycles.